The molecule has 3 aliphatic heterocycles. The number of ether oxygens (including phenoxy) is 8. The van der Waals surface area contributed by atoms with Gasteiger partial charge in [-0.15, -0.1) is 0 Å². The highest BCUT2D eigenvalue weighted by atomic mass is 16.8. The third kappa shape index (κ3) is 26.9. The monoisotopic (exact) mass is 1120 g/mol. The van der Waals surface area contributed by atoms with E-state index in [9.17, 15) is 46.0 Å². The Hall–Kier alpha value is -0.680. The second kappa shape index (κ2) is 39.0. The number of rotatable bonds is 42. The fourth-order valence-corrected chi connectivity index (χ4v) is 11.2. The quantitative estimate of drug-likeness (QED) is 0.0264. The molecule has 3 fully saturated rings. The Morgan fingerprint density at radius 2 is 0.782 bits per heavy atom. The molecule has 464 valence electrons. The van der Waals surface area contributed by atoms with E-state index in [0.717, 1.165) is 61.7 Å². The van der Waals surface area contributed by atoms with Crippen LogP contribution in [-0.2, 0) is 37.9 Å². The minimum Gasteiger partial charge on any atom is -0.394 e. The lowest BCUT2D eigenvalue weighted by atomic mass is 9.91. The maximum absolute atomic E-state index is 11.6. The highest BCUT2D eigenvalue weighted by Gasteiger charge is 2.52. The fraction of sp³-hybridized carbons (Fsp3) is 1.00. The van der Waals surface area contributed by atoms with Gasteiger partial charge in [-0.3, -0.25) is 0 Å². The Morgan fingerprint density at radius 1 is 0.385 bits per heavy atom. The van der Waals surface area contributed by atoms with E-state index in [1.165, 1.54) is 103 Å². The van der Waals surface area contributed by atoms with Gasteiger partial charge in [-0.05, 0) is 67.1 Å². The molecule has 0 saturated carbocycles. The molecule has 0 unspecified atom stereocenters. The number of hydrogen-bond donors (Lipinski definition) is 9. The summed E-state index contributed by atoms with van der Waals surface area (Å²) in [5.74, 6) is 5.49. The second-order valence-corrected chi connectivity index (χ2v) is 25.8. The van der Waals surface area contributed by atoms with Gasteiger partial charge in [0.25, 0.3) is 0 Å². The van der Waals surface area contributed by atoms with Crippen molar-refractivity contribution in [3.05, 3.63) is 0 Å². The van der Waals surface area contributed by atoms with Gasteiger partial charge in [0, 0.05) is 13.2 Å². The standard InChI is InChI=1S/C61H118O17/c1-38(2)18-12-20-40(5)22-14-24-42(7)26-16-28-44(9)30-32-71-35-47(72-33-31-45(10)29-17-27-43(8)25-15-23-41(6)21-13-19-39(3)4)36-73-60-57(70)54(67)58(78-61-56(69)53(66)51(64)48(34-62)76-61)49(77-60)37-74-59-55(68)52(65)50(63)46(11)75-59/h38-70H,12-37H2,1-11H3/t40-,41-,42-,43-,44-,45-,46+,47-,48-,49-,50+,51+,52-,53+,54-,55-,56-,57-,58-,59-,60-,61+/m1/s1. The van der Waals surface area contributed by atoms with Crippen molar-refractivity contribution < 1.29 is 83.9 Å². The minimum atomic E-state index is -1.84. The molecule has 0 aromatic carbocycles. The third-order valence-corrected chi connectivity index (χ3v) is 17.0. The molecule has 3 saturated heterocycles. The lowest BCUT2D eigenvalue weighted by Gasteiger charge is -2.46. The molecule has 0 aromatic heterocycles. The molecule has 0 bridgehead atoms. The van der Waals surface area contributed by atoms with Crippen LogP contribution in [0, 0.1) is 47.3 Å². The van der Waals surface area contributed by atoms with Gasteiger partial charge in [0.15, 0.2) is 18.9 Å². The molecule has 9 N–H and O–H groups in total. The van der Waals surface area contributed by atoms with Crippen LogP contribution in [0.1, 0.15) is 205 Å². The van der Waals surface area contributed by atoms with Crippen LogP contribution < -0.4 is 0 Å². The molecule has 0 radical (unpaired) electrons. The molecule has 3 aliphatic rings. The first-order chi connectivity index (χ1) is 37.0. The van der Waals surface area contributed by atoms with Crippen molar-refractivity contribution in [2.45, 2.75) is 303 Å². The van der Waals surface area contributed by atoms with Gasteiger partial charge >= 0.3 is 0 Å². The van der Waals surface area contributed by atoms with Crippen LogP contribution in [0.15, 0.2) is 0 Å². The predicted octanol–water partition coefficient (Wildman–Crippen LogP) is 7.81. The summed E-state index contributed by atoms with van der Waals surface area (Å²) in [7, 11) is 0. The summed E-state index contributed by atoms with van der Waals surface area (Å²) in [6.45, 7) is 24.7. The van der Waals surface area contributed by atoms with Crippen LogP contribution in [0.2, 0.25) is 0 Å². The third-order valence-electron chi connectivity index (χ3n) is 17.0. The van der Waals surface area contributed by atoms with E-state index in [4.69, 9.17) is 37.9 Å². The first-order valence-electron chi connectivity index (χ1n) is 31.1. The smallest absolute Gasteiger partial charge is 0.187 e. The maximum atomic E-state index is 11.6. The molecule has 22 atom stereocenters. The molecule has 0 aromatic rings. The van der Waals surface area contributed by atoms with Crippen molar-refractivity contribution in [3.8, 4) is 0 Å². The molecule has 0 aliphatic carbocycles. The van der Waals surface area contributed by atoms with E-state index >= 15 is 0 Å². The largest absolute Gasteiger partial charge is 0.394 e. The molecular formula is C61H118O17. The molecule has 0 amide bonds. The Morgan fingerprint density at radius 3 is 1.26 bits per heavy atom. The van der Waals surface area contributed by atoms with Gasteiger partial charge < -0.3 is 83.9 Å². The van der Waals surface area contributed by atoms with Crippen molar-refractivity contribution in [1.29, 1.82) is 0 Å². The van der Waals surface area contributed by atoms with Crippen LogP contribution in [0.5, 0.6) is 0 Å². The Labute approximate surface area is 472 Å². The SMILES string of the molecule is CC(C)CCC[C@@H](C)CCC[C@@H](C)CCC[C@@H](C)CCOC[C@H](CO[C@@H]1O[C@H](CO[C@@H]2O[C@@H](C)[C@H](O)[C@@H](O)[C@H]2O)[C@@H](O[C@@H]2O[C@H](CO)[C@H](O)[C@H](O)[C@H]2O)[C@H](O)[C@H]1O)OCC[C@H](C)CCC[C@H](C)CCC[C@H](C)CCCC(C)C. The van der Waals surface area contributed by atoms with Crippen LogP contribution in [0.4, 0.5) is 0 Å². The first-order valence-corrected chi connectivity index (χ1v) is 31.1. The van der Waals surface area contributed by atoms with E-state index in [1.807, 2.05) is 0 Å². The lowest BCUT2D eigenvalue weighted by molar-refractivity contribution is -0.367. The van der Waals surface area contributed by atoms with E-state index in [2.05, 4.69) is 69.2 Å². The van der Waals surface area contributed by atoms with Gasteiger partial charge in [0.2, 0.25) is 0 Å². The number of aliphatic hydroxyl groups is 9. The summed E-state index contributed by atoms with van der Waals surface area (Å²) in [5.41, 5.74) is 0. The highest BCUT2D eigenvalue weighted by molar-refractivity contribution is 4.95. The van der Waals surface area contributed by atoms with Gasteiger partial charge in [-0.2, -0.15) is 0 Å². The second-order valence-electron chi connectivity index (χ2n) is 25.8. The first kappa shape index (κ1) is 71.6. The summed E-state index contributed by atoms with van der Waals surface area (Å²) in [6, 6.07) is 0. The zero-order valence-electron chi connectivity index (χ0n) is 50.5. The van der Waals surface area contributed by atoms with Crippen LogP contribution in [0.25, 0.3) is 0 Å². The molecule has 17 nitrogen and oxygen atoms in total. The Kier molecular flexibility index (Phi) is 35.8. The number of aliphatic hydroxyl groups excluding tert-OH is 9. The molecule has 3 rings (SSSR count). The van der Waals surface area contributed by atoms with Gasteiger partial charge in [0.1, 0.15) is 73.2 Å². The van der Waals surface area contributed by atoms with E-state index < -0.39 is 111 Å². The van der Waals surface area contributed by atoms with Crippen molar-refractivity contribution in [1.82, 2.24) is 0 Å². The van der Waals surface area contributed by atoms with Crippen LogP contribution in [0.3, 0.4) is 0 Å². The normalized spacial score (nSPS) is 32.8. The van der Waals surface area contributed by atoms with Gasteiger partial charge in [-0.25, -0.2) is 0 Å². The zero-order chi connectivity index (χ0) is 57.9. The van der Waals surface area contributed by atoms with Gasteiger partial charge in [0.05, 0.1) is 32.5 Å². The summed E-state index contributed by atoms with van der Waals surface area (Å²) in [4.78, 5) is 0. The average molecular weight is 1120 g/mol. The Bertz CT molecular complexity index is 1480. The molecule has 0 spiro atoms. The summed E-state index contributed by atoms with van der Waals surface area (Å²) in [6.07, 6.45) is 0.634. The van der Waals surface area contributed by atoms with Crippen molar-refractivity contribution >= 4 is 0 Å². The molecule has 17 heteroatoms. The predicted molar refractivity (Wildman–Crippen MR) is 301 cm³/mol. The summed E-state index contributed by atoms with van der Waals surface area (Å²) in [5, 5.41) is 96.1. The van der Waals surface area contributed by atoms with Crippen molar-refractivity contribution in [2.24, 2.45) is 47.3 Å². The van der Waals surface area contributed by atoms with Crippen LogP contribution >= 0.6 is 0 Å². The van der Waals surface area contributed by atoms with Crippen molar-refractivity contribution in [2.75, 3.05) is 39.6 Å². The minimum absolute atomic E-state index is 0.0846. The van der Waals surface area contributed by atoms with Crippen molar-refractivity contribution in [3.63, 3.8) is 0 Å². The topological polar surface area (TPSA) is 256 Å². The maximum Gasteiger partial charge on any atom is 0.187 e. The molecular weight excluding hydrogens is 1000 g/mol. The van der Waals surface area contributed by atoms with E-state index in [0.29, 0.717) is 31.0 Å². The molecule has 3 heterocycles. The summed E-state index contributed by atoms with van der Waals surface area (Å²) < 4.78 is 48.1. The lowest BCUT2D eigenvalue weighted by Crippen LogP contribution is -2.65. The average Bonchev–Trinajstić information content (AvgIpc) is 3.42. The molecule has 78 heavy (non-hydrogen) atoms. The van der Waals surface area contributed by atoms with Gasteiger partial charge in [-0.1, -0.05) is 185 Å². The summed E-state index contributed by atoms with van der Waals surface area (Å²) >= 11 is 0. The zero-order valence-corrected chi connectivity index (χ0v) is 50.5. The number of hydrogen-bond acceptors (Lipinski definition) is 17. The Balaban J connectivity index is 1.61. The fourth-order valence-electron chi connectivity index (χ4n) is 11.2. The van der Waals surface area contributed by atoms with Crippen LogP contribution in [-0.4, -0.2) is 184 Å². The highest BCUT2D eigenvalue weighted by Crippen LogP contribution is 2.32. The van der Waals surface area contributed by atoms with E-state index in [-0.39, 0.29) is 13.2 Å². The van der Waals surface area contributed by atoms with E-state index in [1.54, 1.807) is 0 Å².